The minimum atomic E-state index is -1.79. The molecular weight excluding hydrogens is 337 g/mol. The maximum atomic E-state index is 14.0. The molecule has 2 rings (SSSR count). The first-order valence-electron chi connectivity index (χ1n) is 7.11. The first-order chi connectivity index (χ1) is 11.9. The highest BCUT2D eigenvalue weighted by atomic mass is 19.3. The largest absolute Gasteiger partial charge is 0.266 e. The van der Waals surface area contributed by atoms with Crippen molar-refractivity contribution in [2.45, 2.75) is 12.8 Å². The van der Waals surface area contributed by atoms with Gasteiger partial charge in [0.05, 0.1) is 5.56 Å². The Balaban J connectivity index is 2.21. The third kappa shape index (κ3) is 4.92. The number of nitriles is 1. The fourth-order valence-electron chi connectivity index (χ4n) is 2.06. The predicted octanol–water partition coefficient (Wildman–Crippen LogP) is 5.09. The van der Waals surface area contributed by atoms with Crippen molar-refractivity contribution >= 4 is 0 Å². The molecule has 126 valence electrons. The van der Waals surface area contributed by atoms with Crippen LogP contribution in [0.15, 0.2) is 42.5 Å². The maximum Gasteiger partial charge on any atom is 0.266 e. The molecule has 25 heavy (non-hydrogen) atoms. The fraction of sp³-hybridized carbons (Fsp3) is 0.105. The van der Waals surface area contributed by atoms with Gasteiger partial charge in [0.2, 0.25) is 0 Å². The van der Waals surface area contributed by atoms with Gasteiger partial charge in [0.15, 0.2) is 0 Å². The maximum absolute atomic E-state index is 14.0. The smallest absolute Gasteiger partial charge is 0.206 e. The number of aryl methyl sites for hydroxylation is 1. The third-order valence-electron chi connectivity index (χ3n) is 3.26. The van der Waals surface area contributed by atoms with E-state index in [9.17, 15) is 22.0 Å². The minimum Gasteiger partial charge on any atom is -0.206 e. The van der Waals surface area contributed by atoms with Gasteiger partial charge in [-0.05, 0) is 48.7 Å². The lowest BCUT2D eigenvalue weighted by Crippen LogP contribution is -1.92. The van der Waals surface area contributed by atoms with Crippen LogP contribution in [0.1, 0.15) is 28.7 Å². The van der Waals surface area contributed by atoms with Crippen LogP contribution in [0.2, 0.25) is 0 Å². The standard InChI is InChI=1S/C19H10F5N/c20-16-8-12(2-1-3-19(23)24)4-6-14(16)7-5-13-9-17(21)15(11-25)18(22)10-13/h3-4,6,8-10H,1-2H2. The summed E-state index contributed by atoms with van der Waals surface area (Å²) in [6.45, 7) is 0. The number of allylic oxidation sites excluding steroid dienone is 1. The topological polar surface area (TPSA) is 23.8 Å². The number of benzene rings is 2. The van der Waals surface area contributed by atoms with E-state index in [1.807, 2.05) is 0 Å². The molecular formula is C19H10F5N. The molecule has 0 bridgehead atoms. The Kier molecular flexibility index (Phi) is 5.92. The molecule has 0 aromatic heterocycles. The van der Waals surface area contributed by atoms with Crippen molar-refractivity contribution in [3.63, 3.8) is 0 Å². The zero-order valence-electron chi connectivity index (χ0n) is 12.7. The number of nitrogens with zero attached hydrogens (tertiary/aromatic N) is 1. The minimum absolute atomic E-state index is 0.00106. The fourth-order valence-corrected chi connectivity index (χ4v) is 2.06. The molecule has 0 heterocycles. The van der Waals surface area contributed by atoms with E-state index in [2.05, 4.69) is 11.8 Å². The van der Waals surface area contributed by atoms with E-state index < -0.39 is 29.1 Å². The van der Waals surface area contributed by atoms with Gasteiger partial charge in [-0.15, -0.1) is 0 Å². The first-order valence-corrected chi connectivity index (χ1v) is 7.11. The monoisotopic (exact) mass is 347 g/mol. The summed E-state index contributed by atoms with van der Waals surface area (Å²) in [7, 11) is 0. The second kappa shape index (κ2) is 8.12. The van der Waals surface area contributed by atoms with E-state index in [-0.39, 0.29) is 24.0 Å². The number of rotatable bonds is 3. The molecule has 1 nitrogen and oxygen atoms in total. The average Bonchev–Trinajstić information content (AvgIpc) is 2.53. The van der Waals surface area contributed by atoms with E-state index in [1.165, 1.54) is 24.3 Å². The van der Waals surface area contributed by atoms with Crippen molar-refractivity contribution in [3.8, 4) is 17.9 Å². The van der Waals surface area contributed by atoms with Crippen LogP contribution in [0, 0.1) is 40.6 Å². The van der Waals surface area contributed by atoms with Crippen molar-refractivity contribution in [3.05, 3.63) is 82.2 Å². The molecule has 0 atom stereocenters. The third-order valence-corrected chi connectivity index (χ3v) is 3.26. The van der Waals surface area contributed by atoms with Gasteiger partial charge in [0, 0.05) is 5.56 Å². The molecule has 0 N–H and O–H groups in total. The van der Waals surface area contributed by atoms with Crippen molar-refractivity contribution < 1.29 is 22.0 Å². The second-order valence-electron chi connectivity index (χ2n) is 5.02. The molecule has 2 aromatic rings. The highest BCUT2D eigenvalue weighted by Gasteiger charge is 2.09. The highest BCUT2D eigenvalue weighted by Crippen LogP contribution is 2.15. The van der Waals surface area contributed by atoms with Crippen LogP contribution >= 0.6 is 0 Å². The van der Waals surface area contributed by atoms with E-state index in [0.29, 0.717) is 5.56 Å². The zero-order valence-corrected chi connectivity index (χ0v) is 12.7. The summed E-state index contributed by atoms with van der Waals surface area (Å²) >= 11 is 0. The van der Waals surface area contributed by atoms with Crippen molar-refractivity contribution in [1.29, 1.82) is 5.26 Å². The summed E-state index contributed by atoms with van der Waals surface area (Å²) in [5, 5.41) is 8.59. The highest BCUT2D eigenvalue weighted by molar-refractivity contribution is 5.47. The normalized spacial score (nSPS) is 9.76. The zero-order chi connectivity index (χ0) is 18.4. The molecule has 0 saturated carbocycles. The lowest BCUT2D eigenvalue weighted by molar-refractivity contribution is 0.417. The van der Waals surface area contributed by atoms with Crippen molar-refractivity contribution in [1.82, 2.24) is 0 Å². The Morgan fingerprint density at radius 2 is 1.64 bits per heavy atom. The van der Waals surface area contributed by atoms with Gasteiger partial charge >= 0.3 is 0 Å². The predicted molar refractivity (Wildman–Crippen MR) is 82.1 cm³/mol. The lowest BCUT2D eigenvalue weighted by atomic mass is 10.1. The molecule has 0 unspecified atom stereocenters. The van der Waals surface area contributed by atoms with Gasteiger partial charge in [0.1, 0.15) is 29.1 Å². The second-order valence-corrected chi connectivity index (χ2v) is 5.02. The van der Waals surface area contributed by atoms with E-state index in [4.69, 9.17) is 5.26 Å². The molecule has 0 amide bonds. The van der Waals surface area contributed by atoms with Gasteiger partial charge in [0.25, 0.3) is 6.08 Å². The first kappa shape index (κ1) is 18.2. The van der Waals surface area contributed by atoms with Crippen LogP contribution in [0.4, 0.5) is 22.0 Å². The Labute approximate surface area is 141 Å². The molecule has 0 fully saturated rings. The lowest BCUT2D eigenvalue weighted by Gasteiger charge is -2.01. The Hall–Kier alpha value is -3.12. The van der Waals surface area contributed by atoms with Gasteiger partial charge in [-0.25, -0.2) is 13.2 Å². The van der Waals surface area contributed by atoms with E-state index in [0.717, 1.165) is 18.2 Å². The van der Waals surface area contributed by atoms with E-state index >= 15 is 0 Å². The summed E-state index contributed by atoms with van der Waals surface area (Å²) in [5.74, 6) is 2.12. The van der Waals surface area contributed by atoms with Gasteiger partial charge in [-0.3, -0.25) is 0 Å². The molecule has 0 aliphatic heterocycles. The number of halogens is 5. The average molecular weight is 347 g/mol. The van der Waals surface area contributed by atoms with Crippen molar-refractivity contribution in [2.24, 2.45) is 0 Å². The Morgan fingerprint density at radius 1 is 0.960 bits per heavy atom. The molecule has 0 spiro atoms. The number of hydrogen-bond donors (Lipinski definition) is 0. The molecule has 0 saturated heterocycles. The van der Waals surface area contributed by atoms with Crippen LogP contribution in [-0.2, 0) is 6.42 Å². The van der Waals surface area contributed by atoms with Crippen LogP contribution in [0.25, 0.3) is 0 Å². The molecule has 6 heteroatoms. The summed E-state index contributed by atoms with van der Waals surface area (Å²) in [6.07, 6.45) is -0.714. The van der Waals surface area contributed by atoms with E-state index in [1.54, 1.807) is 0 Å². The van der Waals surface area contributed by atoms with Gasteiger partial charge in [-0.2, -0.15) is 14.0 Å². The molecule has 0 aliphatic rings. The molecule has 0 aliphatic carbocycles. The van der Waals surface area contributed by atoms with Crippen LogP contribution < -0.4 is 0 Å². The van der Waals surface area contributed by atoms with Gasteiger partial charge < -0.3 is 0 Å². The molecule has 2 aromatic carbocycles. The van der Waals surface area contributed by atoms with Crippen LogP contribution in [-0.4, -0.2) is 0 Å². The Morgan fingerprint density at radius 3 is 2.20 bits per heavy atom. The Bertz CT molecular complexity index is 902. The van der Waals surface area contributed by atoms with Crippen molar-refractivity contribution in [2.75, 3.05) is 0 Å². The SMILES string of the molecule is N#Cc1c(F)cc(C#Cc2ccc(CCC=C(F)F)cc2F)cc1F. The summed E-state index contributed by atoms with van der Waals surface area (Å²) in [6, 6.07) is 7.25. The summed E-state index contributed by atoms with van der Waals surface area (Å²) < 4.78 is 64.8. The van der Waals surface area contributed by atoms with Crippen LogP contribution in [0.3, 0.4) is 0 Å². The molecule has 0 radical (unpaired) electrons. The van der Waals surface area contributed by atoms with Gasteiger partial charge in [-0.1, -0.05) is 17.9 Å². The van der Waals surface area contributed by atoms with Crippen LogP contribution in [0.5, 0.6) is 0 Å². The quantitative estimate of drug-likeness (QED) is 0.561. The number of hydrogen-bond acceptors (Lipinski definition) is 1. The summed E-state index contributed by atoms with van der Waals surface area (Å²) in [4.78, 5) is 0. The summed E-state index contributed by atoms with van der Waals surface area (Å²) in [5.41, 5.74) is -0.224.